The summed E-state index contributed by atoms with van der Waals surface area (Å²) in [6.45, 7) is 3.62. The zero-order valence-corrected chi connectivity index (χ0v) is 8.97. The lowest BCUT2D eigenvalue weighted by molar-refractivity contribution is -0.120. The van der Waals surface area contributed by atoms with Crippen molar-refractivity contribution in [2.75, 3.05) is 11.5 Å². The van der Waals surface area contributed by atoms with Gasteiger partial charge < -0.3 is 11.5 Å². The monoisotopic (exact) mass is 206 g/mol. The molecule has 0 spiro atoms. The summed E-state index contributed by atoms with van der Waals surface area (Å²) in [7, 11) is -1.03. The van der Waals surface area contributed by atoms with Crippen LogP contribution in [0.5, 0.6) is 0 Å². The molecule has 0 heterocycles. The lowest BCUT2D eigenvalue weighted by atomic mass is 10.2. The molecule has 0 rings (SSSR count). The SMILES string of the molecule is CCC(N)CS(=O)CC(C)C(N)=O. The summed E-state index contributed by atoms with van der Waals surface area (Å²) in [6.07, 6.45) is 0.802. The van der Waals surface area contributed by atoms with Crippen LogP contribution in [0.25, 0.3) is 0 Å². The summed E-state index contributed by atoms with van der Waals surface area (Å²) in [6, 6.07) is -0.0408. The molecule has 4 N–H and O–H groups in total. The number of carbonyl (C=O) groups is 1. The normalized spacial score (nSPS) is 17.8. The van der Waals surface area contributed by atoms with E-state index in [-0.39, 0.29) is 12.0 Å². The number of rotatable bonds is 6. The molecule has 0 aromatic heterocycles. The lowest BCUT2D eigenvalue weighted by Gasteiger charge is -2.10. The average Bonchev–Trinajstić information content (AvgIpc) is 2.03. The highest BCUT2D eigenvalue weighted by Gasteiger charge is 2.14. The van der Waals surface area contributed by atoms with Gasteiger partial charge in [0.1, 0.15) is 0 Å². The van der Waals surface area contributed by atoms with Crippen molar-refractivity contribution in [3.05, 3.63) is 0 Å². The van der Waals surface area contributed by atoms with Gasteiger partial charge in [0.25, 0.3) is 0 Å². The Labute approximate surface area is 81.5 Å². The van der Waals surface area contributed by atoms with E-state index < -0.39 is 16.7 Å². The van der Waals surface area contributed by atoms with Crippen LogP contribution >= 0.6 is 0 Å². The molecule has 0 radical (unpaired) electrons. The molecule has 13 heavy (non-hydrogen) atoms. The second-order valence-electron chi connectivity index (χ2n) is 3.24. The van der Waals surface area contributed by atoms with Gasteiger partial charge in [-0.3, -0.25) is 9.00 Å². The standard InChI is InChI=1S/C8H18N2O2S/c1-3-7(9)5-13(12)4-6(2)8(10)11/h6-7H,3-5,9H2,1-2H3,(H2,10,11). The first-order valence-electron chi connectivity index (χ1n) is 4.37. The van der Waals surface area contributed by atoms with E-state index in [1.807, 2.05) is 6.92 Å². The topological polar surface area (TPSA) is 86.2 Å². The molecule has 0 aliphatic heterocycles. The Kier molecular flexibility index (Phi) is 5.90. The van der Waals surface area contributed by atoms with E-state index in [0.717, 1.165) is 6.42 Å². The minimum absolute atomic E-state index is 0.0408. The van der Waals surface area contributed by atoms with Gasteiger partial charge in [0.05, 0.1) is 0 Å². The Balaban J connectivity index is 3.81. The van der Waals surface area contributed by atoms with Crippen LogP contribution in [0.2, 0.25) is 0 Å². The van der Waals surface area contributed by atoms with Gasteiger partial charge in [-0.05, 0) is 6.42 Å². The molecule has 0 aliphatic rings. The van der Waals surface area contributed by atoms with Crippen LogP contribution in [0.3, 0.4) is 0 Å². The molecule has 0 aromatic rings. The third-order valence-corrected chi connectivity index (χ3v) is 3.52. The van der Waals surface area contributed by atoms with Gasteiger partial charge in [0, 0.05) is 34.3 Å². The maximum Gasteiger partial charge on any atom is 0.221 e. The summed E-state index contributed by atoms with van der Waals surface area (Å²) in [5.41, 5.74) is 10.7. The number of hydrogen-bond donors (Lipinski definition) is 2. The van der Waals surface area contributed by atoms with E-state index in [2.05, 4.69) is 0 Å². The average molecular weight is 206 g/mol. The van der Waals surface area contributed by atoms with Crippen molar-refractivity contribution in [3.63, 3.8) is 0 Å². The highest BCUT2D eigenvalue weighted by Crippen LogP contribution is 1.99. The largest absolute Gasteiger partial charge is 0.369 e. The van der Waals surface area contributed by atoms with E-state index in [4.69, 9.17) is 11.5 Å². The summed E-state index contributed by atoms with van der Waals surface area (Å²) in [5, 5.41) is 0. The Bertz CT molecular complexity index is 197. The second-order valence-corrected chi connectivity index (χ2v) is 4.79. The molecule has 5 heteroatoms. The van der Waals surface area contributed by atoms with Crippen LogP contribution in [0, 0.1) is 5.92 Å². The molecule has 4 nitrogen and oxygen atoms in total. The highest BCUT2D eigenvalue weighted by atomic mass is 32.2. The fraction of sp³-hybridized carbons (Fsp3) is 0.875. The van der Waals surface area contributed by atoms with E-state index in [1.165, 1.54) is 0 Å². The molecule has 1 amide bonds. The zero-order chi connectivity index (χ0) is 10.4. The van der Waals surface area contributed by atoms with Gasteiger partial charge in [0.15, 0.2) is 0 Å². The molecule has 0 fully saturated rings. The van der Waals surface area contributed by atoms with E-state index >= 15 is 0 Å². The Hall–Kier alpha value is -0.420. The van der Waals surface area contributed by atoms with Gasteiger partial charge >= 0.3 is 0 Å². The first-order valence-corrected chi connectivity index (χ1v) is 5.86. The van der Waals surface area contributed by atoms with Gasteiger partial charge in [-0.15, -0.1) is 0 Å². The summed E-state index contributed by atoms with van der Waals surface area (Å²) in [4.78, 5) is 10.6. The maximum absolute atomic E-state index is 11.4. The Morgan fingerprint density at radius 3 is 2.38 bits per heavy atom. The minimum Gasteiger partial charge on any atom is -0.369 e. The first kappa shape index (κ1) is 12.6. The molecule has 3 atom stereocenters. The van der Waals surface area contributed by atoms with Crippen molar-refractivity contribution in [2.24, 2.45) is 17.4 Å². The van der Waals surface area contributed by atoms with Gasteiger partial charge in [-0.25, -0.2) is 0 Å². The van der Waals surface area contributed by atoms with Crippen LogP contribution in [-0.4, -0.2) is 27.7 Å². The number of nitrogens with two attached hydrogens (primary N) is 2. The van der Waals surface area contributed by atoms with E-state index in [9.17, 15) is 9.00 Å². The van der Waals surface area contributed by atoms with Crippen molar-refractivity contribution in [2.45, 2.75) is 26.3 Å². The van der Waals surface area contributed by atoms with E-state index in [1.54, 1.807) is 6.92 Å². The number of amides is 1. The lowest BCUT2D eigenvalue weighted by Crippen LogP contribution is -2.31. The quantitative estimate of drug-likeness (QED) is 0.619. The molecule has 78 valence electrons. The van der Waals surface area contributed by atoms with Crippen molar-refractivity contribution in [1.82, 2.24) is 0 Å². The highest BCUT2D eigenvalue weighted by molar-refractivity contribution is 7.85. The third-order valence-electron chi connectivity index (χ3n) is 1.85. The summed E-state index contributed by atoms with van der Waals surface area (Å²) < 4.78 is 11.4. The van der Waals surface area contributed by atoms with Crippen molar-refractivity contribution in [1.29, 1.82) is 0 Å². The molecule has 0 bridgehead atoms. The van der Waals surface area contributed by atoms with E-state index in [0.29, 0.717) is 11.5 Å². The smallest absolute Gasteiger partial charge is 0.221 e. The fourth-order valence-electron chi connectivity index (χ4n) is 0.786. The minimum atomic E-state index is -1.03. The Morgan fingerprint density at radius 2 is 2.00 bits per heavy atom. The van der Waals surface area contributed by atoms with Crippen LogP contribution in [0.15, 0.2) is 0 Å². The third kappa shape index (κ3) is 5.76. The molecular weight excluding hydrogens is 188 g/mol. The van der Waals surface area contributed by atoms with Crippen LogP contribution in [-0.2, 0) is 15.6 Å². The van der Waals surface area contributed by atoms with Crippen LogP contribution in [0.4, 0.5) is 0 Å². The van der Waals surface area contributed by atoms with Gasteiger partial charge in [-0.1, -0.05) is 13.8 Å². The van der Waals surface area contributed by atoms with Gasteiger partial charge in [0.2, 0.25) is 5.91 Å². The zero-order valence-electron chi connectivity index (χ0n) is 8.16. The molecule has 0 aromatic carbocycles. The van der Waals surface area contributed by atoms with Crippen molar-refractivity contribution < 1.29 is 9.00 Å². The number of carbonyl (C=O) groups excluding carboxylic acids is 1. The second kappa shape index (κ2) is 6.10. The maximum atomic E-state index is 11.4. The molecular formula is C8H18N2O2S. The van der Waals surface area contributed by atoms with Crippen LogP contribution < -0.4 is 11.5 Å². The first-order chi connectivity index (χ1) is 5.97. The summed E-state index contributed by atoms with van der Waals surface area (Å²) >= 11 is 0. The van der Waals surface area contributed by atoms with Gasteiger partial charge in [-0.2, -0.15) is 0 Å². The summed E-state index contributed by atoms with van der Waals surface area (Å²) in [5.74, 6) is 0.0419. The predicted octanol–water partition coefficient (Wildman–Crippen LogP) is -0.406. The predicted molar refractivity (Wildman–Crippen MR) is 54.5 cm³/mol. The Morgan fingerprint density at radius 1 is 1.46 bits per heavy atom. The molecule has 0 saturated heterocycles. The fourth-order valence-corrected chi connectivity index (χ4v) is 2.36. The number of primary amides is 1. The molecule has 0 saturated carbocycles. The molecule has 3 unspecified atom stereocenters. The van der Waals surface area contributed by atoms with Crippen LogP contribution in [0.1, 0.15) is 20.3 Å². The number of hydrogen-bond acceptors (Lipinski definition) is 3. The molecule has 0 aliphatic carbocycles. The van der Waals surface area contributed by atoms with Crippen molar-refractivity contribution in [3.8, 4) is 0 Å². The van der Waals surface area contributed by atoms with Crippen molar-refractivity contribution >= 4 is 16.7 Å².